The van der Waals surface area contributed by atoms with Gasteiger partial charge in [0.05, 0.1) is 10.0 Å². The molecule has 0 spiro atoms. The number of hydrogen-bond acceptors (Lipinski definition) is 3. The Bertz CT molecular complexity index is 504. The standard InChI is InChI=1S/C9H10Cl2N6/c10-5-3-1-2-4(6(5)11)7(8(12)13)16-17-9(14)15/h1-3H,(H3,12,13)(H4,14,15,17)/b16-7+. The fourth-order valence-corrected chi connectivity index (χ4v) is 1.44. The van der Waals surface area contributed by atoms with Crippen molar-refractivity contribution in [3.63, 3.8) is 0 Å². The van der Waals surface area contributed by atoms with Crippen molar-refractivity contribution in [1.29, 1.82) is 5.41 Å². The Labute approximate surface area is 108 Å². The first kappa shape index (κ1) is 13.3. The van der Waals surface area contributed by atoms with E-state index in [1.807, 2.05) is 0 Å². The molecule has 0 fully saturated rings. The number of guanidine groups is 1. The number of rotatable bonds is 3. The van der Waals surface area contributed by atoms with Gasteiger partial charge in [0.25, 0.3) is 0 Å². The van der Waals surface area contributed by atoms with Crippen LogP contribution in [0.3, 0.4) is 0 Å². The molecule has 0 aliphatic rings. The van der Waals surface area contributed by atoms with E-state index < -0.39 is 0 Å². The van der Waals surface area contributed by atoms with Crippen LogP contribution in [0.25, 0.3) is 0 Å². The van der Waals surface area contributed by atoms with Crippen molar-refractivity contribution in [1.82, 2.24) is 0 Å². The zero-order chi connectivity index (χ0) is 13.0. The Morgan fingerprint density at radius 2 is 1.76 bits per heavy atom. The summed E-state index contributed by atoms with van der Waals surface area (Å²) in [6.07, 6.45) is 0. The first-order valence-electron chi connectivity index (χ1n) is 4.39. The second kappa shape index (κ2) is 5.51. The molecule has 1 aromatic rings. The van der Waals surface area contributed by atoms with E-state index in [1.54, 1.807) is 18.2 Å². The summed E-state index contributed by atoms with van der Waals surface area (Å²) >= 11 is 11.8. The van der Waals surface area contributed by atoms with E-state index in [0.717, 1.165) is 0 Å². The third kappa shape index (κ3) is 3.33. The summed E-state index contributed by atoms with van der Waals surface area (Å²) in [7, 11) is 0. The van der Waals surface area contributed by atoms with Crippen molar-refractivity contribution in [3.8, 4) is 0 Å². The van der Waals surface area contributed by atoms with E-state index in [-0.39, 0.29) is 22.5 Å². The molecule has 7 N–H and O–H groups in total. The van der Waals surface area contributed by atoms with Gasteiger partial charge >= 0.3 is 0 Å². The maximum atomic E-state index is 7.39. The third-order valence-corrected chi connectivity index (χ3v) is 2.55. The Kier molecular flexibility index (Phi) is 4.30. The van der Waals surface area contributed by atoms with E-state index in [4.69, 9.17) is 45.8 Å². The molecule has 8 heteroatoms. The molecular weight excluding hydrogens is 263 g/mol. The smallest absolute Gasteiger partial charge is 0.211 e. The van der Waals surface area contributed by atoms with E-state index in [1.165, 1.54) is 0 Å². The minimum atomic E-state index is -0.320. The van der Waals surface area contributed by atoms with Crippen LogP contribution in [0.4, 0.5) is 0 Å². The summed E-state index contributed by atoms with van der Waals surface area (Å²) < 4.78 is 0. The predicted molar refractivity (Wildman–Crippen MR) is 70.7 cm³/mol. The molecule has 0 unspecified atom stereocenters. The van der Waals surface area contributed by atoms with Gasteiger partial charge in [0.2, 0.25) is 5.96 Å². The van der Waals surface area contributed by atoms with E-state index in [9.17, 15) is 0 Å². The van der Waals surface area contributed by atoms with Crippen LogP contribution in [-0.4, -0.2) is 17.5 Å². The first-order chi connectivity index (χ1) is 7.93. The minimum Gasteiger partial charge on any atom is -0.382 e. The van der Waals surface area contributed by atoms with E-state index in [0.29, 0.717) is 10.6 Å². The van der Waals surface area contributed by atoms with Crippen molar-refractivity contribution < 1.29 is 0 Å². The highest BCUT2D eigenvalue weighted by Crippen LogP contribution is 2.26. The number of nitrogens with zero attached hydrogens (tertiary/aromatic N) is 2. The molecular formula is C9H10Cl2N6. The van der Waals surface area contributed by atoms with E-state index >= 15 is 0 Å². The zero-order valence-corrected chi connectivity index (χ0v) is 10.1. The second-order valence-electron chi connectivity index (χ2n) is 2.99. The van der Waals surface area contributed by atoms with Gasteiger partial charge in [-0.25, -0.2) is 0 Å². The summed E-state index contributed by atoms with van der Waals surface area (Å²) in [5.74, 6) is -0.568. The number of halogens is 2. The maximum Gasteiger partial charge on any atom is 0.211 e. The molecule has 0 aliphatic heterocycles. The topological polar surface area (TPSA) is 127 Å². The monoisotopic (exact) mass is 272 g/mol. The summed E-state index contributed by atoms with van der Waals surface area (Å²) in [6, 6.07) is 4.86. The van der Waals surface area contributed by atoms with Crippen LogP contribution in [-0.2, 0) is 0 Å². The lowest BCUT2D eigenvalue weighted by Gasteiger charge is -2.06. The van der Waals surface area contributed by atoms with Crippen molar-refractivity contribution >= 4 is 40.7 Å². The van der Waals surface area contributed by atoms with Gasteiger partial charge in [-0.1, -0.05) is 35.3 Å². The van der Waals surface area contributed by atoms with Crippen LogP contribution in [0.2, 0.25) is 10.0 Å². The average molecular weight is 273 g/mol. The molecule has 17 heavy (non-hydrogen) atoms. The van der Waals surface area contributed by atoms with Crippen molar-refractivity contribution in [2.24, 2.45) is 27.4 Å². The van der Waals surface area contributed by atoms with Crippen LogP contribution in [0, 0.1) is 5.41 Å². The second-order valence-corrected chi connectivity index (χ2v) is 3.77. The molecule has 0 radical (unpaired) electrons. The van der Waals surface area contributed by atoms with Crippen LogP contribution >= 0.6 is 23.2 Å². The molecule has 0 saturated heterocycles. The number of hydrogen-bond donors (Lipinski definition) is 4. The molecule has 1 aromatic carbocycles. The Morgan fingerprint density at radius 3 is 2.29 bits per heavy atom. The molecule has 0 heterocycles. The molecule has 0 amide bonds. The largest absolute Gasteiger partial charge is 0.382 e. The minimum absolute atomic E-state index is 0.0471. The molecule has 0 aromatic heterocycles. The number of nitrogens with two attached hydrogens (primary N) is 3. The summed E-state index contributed by atoms with van der Waals surface area (Å²) in [5, 5.41) is 15.0. The zero-order valence-electron chi connectivity index (χ0n) is 8.61. The highest BCUT2D eigenvalue weighted by atomic mass is 35.5. The summed E-state index contributed by atoms with van der Waals surface area (Å²) in [4.78, 5) is 0. The predicted octanol–water partition coefficient (Wildman–Crippen LogP) is 0.907. The summed E-state index contributed by atoms with van der Waals surface area (Å²) in [6.45, 7) is 0. The molecule has 0 saturated carbocycles. The van der Waals surface area contributed by atoms with Gasteiger partial charge in [-0.2, -0.15) is 0 Å². The fourth-order valence-electron chi connectivity index (χ4n) is 1.05. The first-order valence-corrected chi connectivity index (χ1v) is 5.14. The van der Waals surface area contributed by atoms with Crippen LogP contribution in [0.1, 0.15) is 5.56 Å². The van der Waals surface area contributed by atoms with Crippen LogP contribution < -0.4 is 17.2 Å². The quantitative estimate of drug-likeness (QED) is 0.371. The van der Waals surface area contributed by atoms with Gasteiger partial charge in [-0.15, -0.1) is 10.2 Å². The normalized spacial score (nSPS) is 11.1. The fraction of sp³-hybridized carbons (Fsp3) is 0. The Hall–Kier alpha value is -1.79. The molecule has 6 nitrogen and oxygen atoms in total. The van der Waals surface area contributed by atoms with Gasteiger partial charge < -0.3 is 17.2 Å². The SMILES string of the molecule is N=C(N)/C(=N/N=C(N)N)c1cccc(Cl)c1Cl. The highest BCUT2D eigenvalue weighted by Gasteiger charge is 2.13. The van der Waals surface area contributed by atoms with Crippen molar-refractivity contribution in [2.45, 2.75) is 0 Å². The highest BCUT2D eigenvalue weighted by molar-refractivity contribution is 6.51. The lowest BCUT2D eigenvalue weighted by Crippen LogP contribution is -2.25. The molecule has 0 bridgehead atoms. The lowest BCUT2D eigenvalue weighted by molar-refractivity contribution is 1.20. The molecule has 1 rings (SSSR count). The van der Waals surface area contributed by atoms with Gasteiger partial charge in [-0.05, 0) is 6.07 Å². The van der Waals surface area contributed by atoms with Crippen LogP contribution in [0.5, 0.6) is 0 Å². The van der Waals surface area contributed by atoms with Gasteiger partial charge in [0.1, 0.15) is 11.5 Å². The molecule has 0 atom stereocenters. The molecule has 0 aliphatic carbocycles. The lowest BCUT2D eigenvalue weighted by atomic mass is 10.1. The maximum absolute atomic E-state index is 7.39. The summed E-state index contributed by atoms with van der Waals surface area (Å²) in [5.41, 5.74) is 16.1. The van der Waals surface area contributed by atoms with Crippen LogP contribution in [0.15, 0.2) is 28.4 Å². The van der Waals surface area contributed by atoms with Crippen molar-refractivity contribution in [3.05, 3.63) is 33.8 Å². The number of benzene rings is 1. The Balaban J connectivity index is 3.34. The third-order valence-electron chi connectivity index (χ3n) is 1.73. The number of nitrogens with one attached hydrogen (secondary N) is 1. The van der Waals surface area contributed by atoms with Gasteiger partial charge in [0, 0.05) is 5.56 Å². The van der Waals surface area contributed by atoms with Gasteiger partial charge in [-0.3, -0.25) is 5.41 Å². The van der Waals surface area contributed by atoms with Crippen molar-refractivity contribution in [2.75, 3.05) is 0 Å². The van der Waals surface area contributed by atoms with Gasteiger partial charge in [0.15, 0.2) is 0 Å². The average Bonchev–Trinajstić information content (AvgIpc) is 2.23. The molecule has 90 valence electrons. The number of amidine groups is 1. The van der Waals surface area contributed by atoms with E-state index in [2.05, 4.69) is 10.2 Å². The Morgan fingerprint density at radius 1 is 1.12 bits per heavy atom.